The molecule has 196 valence electrons. The lowest BCUT2D eigenvalue weighted by molar-refractivity contribution is -0.134. The van der Waals surface area contributed by atoms with Gasteiger partial charge in [0, 0.05) is 12.5 Å². The molecule has 2 N–H and O–H groups in total. The Kier molecular flexibility index (Phi) is 8.57. The highest BCUT2D eigenvalue weighted by atomic mass is 16.5. The molecular formula is C31H39N3O3. The zero-order valence-electron chi connectivity index (χ0n) is 21.6. The van der Waals surface area contributed by atoms with Crippen LogP contribution in [-0.2, 0) is 20.7 Å². The third kappa shape index (κ3) is 7.01. The van der Waals surface area contributed by atoms with Gasteiger partial charge in [-0.2, -0.15) is 0 Å². The van der Waals surface area contributed by atoms with Gasteiger partial charge in [-0.05, 0) is 87.7 Å². The van der Waals surface area contributed by atoms with E-state index in [9.17, 15) is 9.59 Å². The minimum Gasteiger partial charge on any atom is -0.483 e. The van der Waals surface area contributed by atoms with Gasteiger partial charge in [0.2, 0.25) is 5.91 Å². The van der Waals surface area contributed by atoms with Crippen molar-refractivity contribution >= 4 is 17.9 Å². The summed E-state index contributed by atoms with van der Waals surface area (Å²) in [5.74, 6) is 0.985. The van der Waals surface area contributed by atoms with E-state index in [1.54, 1.807) is 6.08 Å². The number of amides is 2. The predicted molar refractivity (Wildman–Crippen MR) is 146 cm³/mol. The number of piperidine rings is 1. The van der Waals surface area contributed by atoms with Crippen LogP contribution in [0.25, 0.3) is 6.08 Å². The Labute approximate surface area is 220 Å². The standard InChI is InChI=1S/C31H39N3O3/c35-30(32-16-7-17-34-18-14-25(15-19-34)20-23-8-3-1-4-9-23)26-12-13-28-27(22-26)33-31(36)29(37-28)21-24-10-5-2-6-11-24/h1-6,8-11,21,25-28H,7,12-20,22H2,(H,32,35)(H,33,36)/b29-21+. The van der Waals surface area contributed by atoms with Crippen LogP contribution >= 0.6 is 0 Å². The first-order chi connectivity index (χ1) is 18.1. The van der Waals surface area contributed by atoms with Crippen LogP contribution in [0.4, 0.5) is 0 Å². The van der Waals surface area contributed by atoms with Crippen LogP contribution in [0.1, 0.15) is 49.7 Å². The number of nitrogens with zero attached hydrogens (tertiary/aromatic N) is 1. The minimum absolute atomic E-state index is 0.0680. The fourth-order valence-corrected chi connectivity index (χ4v) is 5.95. The number of rotatable bonds is 8. The van der Waals surface area contributed by atoms with Gasteiger partial charge < -0.3 is 20.3 Å². The number of benzene rings is 2. The quantitative estimate of drug-likeness (QED) is 0.421. The van der Waals surface area contributed by atoms with Crippen molar-refractivity contribution in [1.29, 1.82) is 0 Å². The second kappa shape index (κ2) is 12.4. The second-order valence-electron chi connectivity index (χ2n) is 10.8. The molecule has 2 aliphatic heterocycles. The second-order valence-corrected chi connectivity index (χ2v) is 10.8. The number of nitrogens with one attached hydrogen (secondary N) is 2. The van der Waals surface area contributed by atoms with Crippen molar-refractivity contribution in [1.82, 2.24) is 15.5 Å². The van der Waals surface area contributed by atoms with E-state index in [4.69, 9.17) is 4.74 Å². The van der Waals surface area contributed by atoms with Crippen molar-refractivity contribution in [3.8, 4) is 0 Å². The Bertz CT molecular complexity index is 1060. The average molecular weight is 502 g/mol. The molecule has 0 radical (unpaired) electrons. The van der Waals surface area contributed by atoms with Gasteiger partial charge in [0.05, 0.1) is 6.04 Å². The number of carbonyl (C=O) groups is 2. The molecule has 1 saturated carbocycles. The molecule has 3 fully saturated rings. The van der Waals surface area contributed by atoms with E-state index in [-0.39, 0.29) is 29.9 Å². The number of likely N-dealkylation sites (tertiary alicyclic amines) is 1. The molecule has 5 rings (SSSR count). The zero-order chi connectivity index (χ0) is 25.5. The van der Waals surface area contributed by atoms with E-state index in [1.165, 1.54) is 24.8 Å². The molecule has 2 heterocycles. The van der Waals surface area contributed by atoms with Crippen LogP contribution in [0, 0.1) is 11.8 Å². The molecule has 3 aliphatic rings. The van der Waals surface area contributed by atoms with Crippen LogP contribution in [0.5, 0.6) is 0 Å². The van der Waals surface area contributed by atoms with E-state index in [0.717, 1.165) is 50.4 Å². The predicted octanol–water partition coefficient (Wildman–Crippen LogP) is 4.17. The van der Waals surface area contributed by atoms with E-state index in [0.29, 0.717) is 18.7 Å². The maximum atomic E-state index is 12.8. The Morgan fingerprint density at radius 2 is 1.73 bits per heavy atom. The van der Waals surface area contributed by atoms with Gasteiger partial charge in [0.15, 0.2) is 5.76 Å². The van der Waals surface area contributed by atoms with E-state index < -0.39 is 0 Å². The number of carbonyl (C=O) groups excluding carboxylic acids is 2. The highest BCUT2D eigenvalue weighted by Crippen LogP contribution is 2.31. The number of hydrogen-bond donors (Lipinski definition) is 2. The lowest BCUT2D eigenvalue weighted by atomic mass is 9.82. The summed E-state index contributed by atoms with van der Waals surface area (Å²) in [5, 5.41) is 6.23. The van der Waals surface area contributed by atoms with E-state index >= 15 is 0 Å². The highest BCUT2D eigenvalue weighted by Gasteiger charge is 2.40. The van der Waals surface area contributed by atoms with Gasteiger partial charge in [0.1, 0.15) is 6.10 Å². The van der Waals surface area contributed by atoms with Gasteiger partial charge in [-0.15, -0.1) is 0 Å². The monoisotopic (exact) mass is 501 g/mol. The lowest BCUT2D eigenvalue weighted by Gasteiger charge is -2.39. The van der Waals surface area contributed by atoms with Gasteiger partial charge in [-0.25, -0.2) is 0 Å². The van der Waals surface area contributed by atoms with Crippen molar-refractivity contribution in [2.45, 2.75) is 57.1 Å². The summed E-state index contributed by atoms with van der Waals surface area (Å²) in [4.78, 5) is 28.0. The highest BCUT2D eigenvalue weighted by molar-refractivity contribution is 5.96. The van der Waals surface area contributed by atoms with Crippen molar-refractivity contribution in [3.05, 3.63) is 77.5 Å². The molecule has 6 heteroatoms. The fraction of sp³-hybridized carbons (Fsp3) is 0.484. The summed E-state index contributed by atoms with van der Waals surface area (Å²) < 4.78 is 6.05. The third-order valence-corrected chi connectivity index (χ3v) is 8.10. The molecule has 6 nitrogen and oxygen atoms in total. The number of fused-ring (bicyclic) bond motifs is 1. The first kappa shape index (κ1) is 25.5. The van der Waals surface area contributed by atoms with Crippen molar-refractivity contribution in [3.63, 3.8) is 0 Å². The van der Waals surface area contributed by atoms with Crippen LogP contribution in [0.3, 0.4) is 0 Å². The molecule has 1 aliphatic carbocycles. The molecular weight excluding hydrogens is 462 g/mol. The van der Waals surface area contributed by atoms with Gasteiger partial charge in [0.25, 0.3) is 5.91 Å². The van der Waals surface area contributed by atoms with Crippen LogP contribution < -0.4 is 10.6 Å². The van der Waals surface area contributed by atoms with Gasteiger partial charge in [-0.3, -0.25) is 9.59 Å². The molecule has 0 aromatic heterocycles. The minimum atomic E-state index is -0.196. The van der Waals surface area contributed by atoms with Crippen molar-refractivity contribution in [2.75, 3.05) is 26.2 Å². The molecule has 2 aromatic carbocycles. The maximum absolute atomic E-state index is 12.8. The van der Waals surface area contributed by atoms with Crippen molar-refractivity contribution in [2.24, 2.45) is 11.8 Å². The SMILES string of the molecule is O=C1NC2CC(C(=O)NCCCN3CCC(Cc4ccccc4)CC3)CCC2O/C1=C/c1ccccc1. The van der Waals surface area contributed by atoms with Crippen LogP contribution in [0.15, 0.2) is 66.4 Å². The number of morpholine rings is 1. The summed E-state index contributed by atoms with van der Waals surface area (Å²) in [6.45, 7) is 4.05. The summed E-state index contributed by atoms with van der Waals surface area (Å²) in [5.41, 5.74) is 2.39. The third-order valence-electron chi connectivity index (χ3n) is 8.10. The maximum Gasteiger partial charge on any atom is 0.286 e. The number of ether oxygens (including phenoxy) is 1. The first-order valence-corrected chi connectivity index (χ1v) is 13.9. The van der Waals surface area contributed by atoms with Gasteiger partial charge in [-0.1, -0.05) is 60.7 Å². The van der Waals surface area contributed by atoms with Crippen LogP contribution in [0.2, 0.25) is 0 Å². The Morgan fingerprint density at radius 1 is 1.00 bits per heavy atom. The Morgan fingerprint density at radius 3 is 2.49 bits per heavy atom. The molecule has 2 amide bonds. The first-order valence-electron chi connectivity index (χ1n) is 13.9. The van der Waals surface area contributed by atoms with Crippen LogP contribution in [-0.4, -0.2) is 55.0 Å². The molecule has 2 saturated heterocycles. The molecule has 2 aromatic rings. The fourth-order valence-electron chi connectivity index (χ4n) is 5.95. The largest absolute Gasteiger partial charge is 0.483 e. The Balaban J connectivity index is 0.991. The summed E-state index contributed by atoms with van der Waals surface area (Å²) >= 11 is 0. The topological polar surface area (TPSA) is 70.7 Å². The molecule has 3 atom stereocenters. The lowest BCUT2D eigenvalue weighted by Crippen LogP contribution is -2.54. The molecule has 3 unspecified atom stereocenters. The summed E-state index contributed by atoms with van der Waals surface area (Å²) in [7, 11) is 0. The number of hydrogen-bond acceptors (Lipinski definition) is 4. The molecule has 37 heavy (non-hydrogen) atoms. The average Bonchev–Trinajstić information content (AvgIpc) is 2.93. The summed E-state index contributed by atoms with van der Waals surface area (Å²) in [6, 6.07) is 20.4. The molecule has 0 bridgehead atoms. The van der Waals surface area contributed by atoms with E-state index in [2.05, 4.69) is 45.9 Å². The van der Waals surface area contributed by atoms with Gasteiger partial charge >= 0.3 is 0 Å². The zero-order valence-corrected chi connectivity index (χ0v) is 21.6. The van der Waals surface area contributed by atoms with Crippen molar-refractivity contribution < 1.29 is 14.3 Å². The smallest absolute Gasteiger partial charge is 0.286 e. The Hall–Kier alpha value is -3.12. The van der Waals surface area contributed by atoms with E-state index in [1.807, 2.05) is 30.3 Å². The summed E-state index contributed by atoms with van der Waals surface area (Å²) in [6.07, 6.45) is 8.58. The normalized spacial score (nSPS) is 25.7. The molecule has 0 spiro atoms.